The van der Waals surface area contributed by atoms with Crippen molar-refractivity contribution in [1.29, 1.82) is 0 Å². The van der Waals surface area contributed by atoms with Crippen molar-refractivity contribution < 1.29 is 0 Å². The Morgan fingerprint density at radius 2 is 0.775 bits per heavy atom. The van der Waals surface area contributed by atoms with Crippen LogP contribution in [0.3, 0.4) is 0 Å². The Morgan fingerprint density at radius 1 is 0.324 bits per heavy atom. The van der Waals surface area contributed by atoms with Crippen LogP contribution in [0.25, 0.3) is 93.5 Å². The molecule has 2 aliphatic carbocycles. The van der Waals surface area contributed by atoms with Gasteiger partial charge in [0, 0.05) is 44.4 Å². The molecule has 2 heteroatoms. The molecule has 1 heterocycles. The number of fused-ring (bicyclic) bond motifs is 11. The minimum Gasteiger partial charge on any atom is -0.310 e. The van der Waals surface area contributed by atoms with Gasteiger partial charge in [-0.25, -0.2) is 0 Å². The van der Waals surface area contributed by atoms with E-state index in [1.54, 1.807) is 0 Å². The number of hydrogen-bond acceptors (Lipinski definition) is 1. The van der Waals surface area contributed by atoms with E-state index in [1.165, 1.54) is 116 Å². The van der Waals surface area contributed by atoms with E-state index in [4.69, 9.17) is 0 Å². The molecule has 0 aliphatic heterocycles. The molecule has 0 unspecified atom stereocenters. The summed E-state index contributed by atoms with van der Waals surface area (Å²) in [6, 6.07) is 84.1. The fourth-order valence-corrected chi connectivity index (χ4v) is 12.8. The number of nitrogens with zero attached hydrogens (tertiary/aromatic N) is 2. The van der Waals surface area contributed by atoms with Crippen molar-refractivity contribution >= 4 is 60.4 Å². The zero-order valence-electron chi connectivity index (χ0n) is 40.8. The largest absolute Gasteiger partial charge is 0.310 e. The highest BCUT2D eigenvalue weighted by molar-refractivity contribution is 6.22. The lowest BCUT2D eigenvalue weighted by atomic mass is 9.79. The van der Waals surface area contributed by atoms with Crippen LogP contribution in [0.4, 0.5) is 17.1 Å². The third-order valence-corrected chi connectivity index (χ3v) is 16.2. The van der Waals surface area contributed by atoms with Crippen LogP contribution in [0.1, 0.15) is 55.5 Å². The Labute approximate surface area is 415 Å². The third-order valence-electron chi connectivity index (χ3n) is 16.2. The SMILES string of the molecule is Cc1ccc2c(-c3ccc4c(c3)C(C)(C)c3ccccc3-4)c3ccccc3c(-c3ccc4c(c3)C(C)(C)c3cc(N(c5ccccc5)c5ccc(-n6c7ccccc7c7ccccc76)cc5)ccc3-4)c2c1. The van der Waals surface area contributed by atoms with Crippen LogP contribution < -0.4 is 4.90 Å². The molecule has 1 aromatic heterocycles. The molecular formula is C69H52N2. The molecule has 12 aromatic rings. The standard InChI is InChI=1S/C69H52N2/c1-43-27-35-58-59(39-43)67(57-23-10-9-22-56(57)66(58)44-28-36-51-50-19-11-14-24-60(50)68(2,3)61(51)40-44)45-29-37-52-53-38-34-49(42-63(53)69(4,5)62(52)41-45)70(46-17-7-6-8-18-46)47-30-32-48(33-31-47)71-64-25-15-12-20-54(64)55-21-13-16-26-65(55)71/h6-42H,1-5H3. The zero-order valence-corrected chi connectivity index (χ0v) is 40.8. The van der Waals surface area contributed by atoms with E-state index in [0.29, 0.717) is 0 Å². The van der Waals surface area contributed by atoms with Gasteiger partial charge in [0.05, 0.1) is 11.0 Å². The first-order valence-electron chi connectivity index (χ1n) is 25.1. The maximum Gasteiger partial charge on any atom is 0.0541 e. The molecule has 0 amide bonds. The smallest absolute Gasteiger partial charge is 0.0541 e. The summed E-state index contributed by atoms with van der Waals surface area (Å²) in [7, 11) is 0. The molecule has 0 saturated carbocycles. The Morgan fingerprint density at radius 3 is 1.41 bits per heavy atom. The van der Waals surface area contributed by atoms with Gasteiger partial charge in [0.1, 0.15) is 0 Å². The van der Waals surface area contributed by atoms with Crippen LogP contribution in [-0.2, 0) is 10.8 Å². The Bertz CT molecular complexity index is 4110. The van der Waals surface area contributed by atoms with E-state index < -0.39 is 0 Å². The molecule has 2 nitrogen and oxygen atoms in total. The van der Waals surface area contributed by atoms with Gasteiger partial charge in [-0.15, -0.1) is 0 Å². The second-order valence-corrected chi connectivity index (χ2v) is 20.9. The van der Waals surface area contributed by atoms with Crippen LogP contribution in [0, 0.1) is 6.92 Å². The summed E-state index contributed by atoms with van der Waals surface area (Å²) < 4.78 is 2.39. The molecule has 0 spiro atoms. The number of rotatable bonds is 6. The van der Waals surface area contributed by atoms with Gasteiger partial charge in [-0.05, 0) is 168 Å². The normalized spacial score (nSPS) is 13.9. The Hall–Kier alpha value is -8.46. The summed E-state index contributed by atoms with van der Waals surface area (Å²) in [4.78, 5) is 2.41. The molecule has 11 aromatic carbocycles. The van der Waals surface area contributed by atoms with Crippen LogP contribution >= 0.6 is 0 Å². The molecule has 14 rings (SSSR count). The number of aromatic nitrogens is 1. The second-order valence-electron chi connectivity index (χ2n) is 20.9. The summed E-state index contributed by atoms with van der Waals surface area (Å²) in [5.41, 5.74) is 23.8. The lowest BCUT2D eigenvalue weighted by Gasteiger charge is -2.28. The highest BCUT2D eigenvalue weighted by Crippen LogP contribution is 2.54. The Kier molecular flexibility index (Phi) is 8.93. The average Bonchev–Trinajstić information content (AvgIpc) is 3.95. The predicted molar refractivity (Wildman–Crippen MR) is 301 cm³/mol. The number of hydrogen-bond donors (Lipinski definition) is 0. The molecule has 0 atom stereocenters. The van der Waals surface area contributed by atoms with Crippen LogP contribution in [0.15, 0.2) is 224 Å². The number of aryl methyl sites for hydroxylation is 1. The highest BCUT2D eigenvalue weighted by atomic mass is 15.1. The van der Waals surface area contributed by atoms with Crippen LogP contribution in [-0.4, -0.2) is 4.57 Å². The summed E-state index contributed by atoms with van der Waals surface area (Å²) in [5, 5.41) is 7.67. The van der Waals surface area contributed by atoms with Gasteiger partial charge < -0.3 is 9.47 Å². The summed E-state index contributed by atoms with van der Waals surface area (Å²) in [6.45, 7) is 11.8. The van der Waals surface area contributed by atoms with Gasteiger partial charge in [-0.3, -0.25) is 0 Å². The third kappa shape index (κ3) is 6.07. The maximum atomic E-state index is 2.51. The topological polar surface area (TPSA) is 8.17 Å². The van der Waals surface area contributed by atoms with Gasteiger partial charge in [-0.1, -0.05) is 185 Å². The number of anilines is 3. The monoisotopic (exact) mass is 908 g/mol. The van der Waals surface area contributed by atoms with Gasteiger partial charge in [0.2, 0.25) is 0 Å². The van der Waals surface area contributed by atoms with Gasteiger partial charge in [-0.2, -0.15) is 0 Å². The van der Waals surface area contributed by atoms with Crippen molar-refractivity contribution in [3.63, 3.8) is 0 Å². The van der Waals surface area contributed by atoms with E-state index in [9.17, 15) is 0 Å². The van der Waals surface area contributed by atoms with E-state index in [1.807, 2.05) is 0 Å². The lowest BCUT2D eigenvalue weighted by Crippen LogP contribution is -2.16. The van der Waals surface area contributed by atoms with Gasteiger partial charge in [0.25, 0.3) is 0 Å². The molecule has 338 valence electrons. The van der Waals surface area contributed by atoms with Crippen molar-refractivity contribution in [1.82, 2.24) is 4.57 Å². The molecule has 71 heavy (non-hydrogen) atoms. The number of benzene rings is 11. The van der Waals surface area contributed by atoms with Crippen molar-refractivity contribution in [2.24, 2.45) is 0 Å². The second kappa shape index (κ2) is 15.3. The quantitative estimate of drug-likeness (QED) is 0.151. The molecule has 0 N–H and O–H groups in total. The molecule has 0 bridgehead atoms. The maximum absolute atomic E-state index is 2.51. The summed E-state index contributed by atoms with van der Waals surface area (Å²) >= 11 is 0. The van der Waals surface area contributed by atoms with Crippen LogP contribution in [0.5, 0.6) is 0 Å². The lowest BCUT2D eigenvalue weighted by molar-refractivity contribution is 0.660. The zero-order chi connectivity index (χ0) is 47.8. The Balaban J connectivity index is 0.876. The van der Waals surface area contributed by atoms with Crippen molar-refractivity contribution in [2.75, 3.05) is 4.90 Å². The van der Waals surface area contributed by atoms with E-state index in [2.05, 4.69) is 269 Å². The minimum atomic E-state index is -0.254. The predicted octanol–water partition coefficient (Wildman–Crippen LogP) is 18.8. The highest BCUT2D eigenvalue weighted by Gasteiger charge is 2.38. The van der Waals surface area contributed by atoms with E-state index >= 15 is 0 Å². The molecule has 0 fully saturated rings. The molecule has 0 radical (unpaired) electrons. The fraction of sp³-hybridized carbons (Fsp3) is 0.101. The summed E-state index contributed by atoms with van der Waals surface area (Å²) in [5.74, 6) is 0. The minimum absolute atomic E-state index is 0.0830. The van der Waals surface area contributed by atoms with Gasteiger partial charge >= 0.3 is 0 Å². The first-order chi connectivity index (χ1) is 34.6. The van der Waals surface area contributed by atoms with Gasteiger partial charge in [0.15, 0.2) is 0 Å². The summed E-state index contributed by atoms with van der Waals surface area (Å²) in [6.07, 6.45) is 0. The molecular weight excluding hydrogens is 857 g/mol. The van der Waals surface area contributed by atoms with Crippen molar-refractivity contribution in [2.45, 2.75) is 45.4 Å². The van der Waals surface area contributed by atoms with E-state index in [0.717, 1.165) is 22.7 Å². The molecule has 0 saturated heterocycles. The number of para-hydroxylation sites is 3. The first kappa shape index (κ1) is 41.5. The van der Waals surface area contributed by atoms with Crippen LogP contribution in [0.2, 0.25) is 0 Å². The van der Waals surface area contributed by atoms with E-state index in [-0.39, 0.29) is 10.8 Å². The van der Waals surface area contributed by atoms with Crippen molar-refractivity contribution in [3.8, 4) is 50.2 Å². The van der Waals surface area contributed by atoms with Crippen molar-refractivity contribution in [3.05, 3.63) is 252 Å². The average molecular weight is 909 g/mol. The molecule has 2 aliphatic rings. The fourth-order valence-electron chi connectivity index (χ4n) is 12.8. The first-order valence-corrected chi connectivity index (χ1v) is 25.1.